The van der Waals surface area contributed by atoms with Crippen LogP contribution in [0.3, 0.4) is 0 Å². The van der Waals surface area contributed by atoms with E-state index in [0.717, 1.165) is 0 Å². The van der Waals surface area contributed by atoms with Gasteiger partial charge < -0.3 is 4.74 Å². The van der Waals surface area contributed by atoms with Gasteiger partial charge in [0, 0.05) is 0 Å². The molecular formula is C10H10BrNO4. The number of halogens is 1. The number of hydrogen-bond acceptors (Lipinski definition) is 4. The molecule has 0 aliphatic carbocycles. The van der Waals surface area contributed by atoms with Gasteiger partial charge in [0.2, 0.25) is 0 Å². The third-order valence-electron chi connectivity index (χ3n) is 1.94. The van der Waals surface area contributed by atoms with Crippen molar-refractivity contribution in [3.05, 3.63) is 32.3 Å². The number of rotatable bonds is 4. The van der Waals surface area contributed by atoms with Crippen LogP contribution in [0.1, 0.15) is 24.2 Å². The molecule has 86 valence electrons. The summed E-state index contributed by atoms with van der Waals surface area (Å²) in [6.07, 6.45) is 0. The molecule has 0 aromatic heterocycles. The van der Waals surface area contributed by atoms with E-state index < -0.39 is 4.92 Å². The molecule has 0 radical (unpaired) electrons. The van der Waals surface area contributed by atoms with E-state index in [9.17, 15) is 14.9 Å². The van der Waals surface area contributed by atoms with Crippen LogP contribution in [0, 0.1) is 10.1 Å². The van der Waals surface area contributed by atoms with Gasteiger partial charge in [0.05, 0.1) is 17.1 Å². The Morgan fingerprint density at radius 1 is 1.56 bits per heavy atom. The second-order valence-electron chi connectivity index (χ2n) is 3.02. The number of nitrogens with zero attached hydrogens (tertiary/aromatic N) is 1. The summed E-state index contributed by atoms with van der Waals surface area (Å²) in [7, 11) is 0. The Morgan fingerprint density at radius 2 is 2.19 bits per heavy atom. The fraction of sp³-hybridized carbons (Fsp3) is 0.300. The van der Waals surface area contributed by atoms with Crippen LogP contribution in [-0.4, -0.2) is 17.3 Å². The van der Waals surface area contributed by atoms with Crippen LogP contribution in [-0.2, 0) is 0 Å². The predicted molar refractivity (Wildman–Crippen MR) is 62.0 cm³/mol. The number of Topliss-reactive ketones (excluding diaryl/α,β-unsaturated/α-hetero) is 1. The first-order valence-electron chi connectivity index (χ1n) is 4.59. The monoisotopic (exact) mass is 287 g/mol. The zero-order valence-electron chi connectivity index (χ0n) is 8.82. The van der Waals surface area contributed by atoms with Crippen LogP contribution < -0.4 is 4.74 Å². The van der Waals surface area contributed by atoms with Crippen LogP contribution in [0.2, 0.25) is 0 Å². The molecule has 1 rings (SSSR count). The van der Waals surface area contributed by atoms with Crippen molar-refractivity contribution in [1.82, 2.24) is 0 Å². The molecule has 6 heteroatoms. The Morgan fingerprint density at radius 3 is 2.62 bits per heavy atom. The second kappa shape index (κ2) is 5.07. The van der Waals surface area contributed by atoms with Gasteiger partial charge in [-0.1, -0.05) is 0 Å². The number of ether oxygens (including phenoxy) is 1. The van der Waals surface area contributed by atoms with Gasteiger partial charge in [-0.25, -0.2) is 0 Å². The molecule has 0 unspecified atom stereocenters. The molecule has 0 aliphatic rings. The number of nitro benzene ring substituents is 1. The van der Waals surface area contributed by atoms with Crippen LogP contribution in [0.4, 0.5) is 5.69 Å². The van der Waals surface area contributed by atoms with E-state index >= 15 is 0 Å². The molecule has 0 aliphatic heterocycles. The van der Waals surface area contributed by atoms with E-state index in [1.807, 2.05) is 0 Å². The van der Waals surface area contributed by atoms with Crippen LogP contribution in [0.25, 0.3) is 0 Å². The highest BCUT2D eigenvalue weighted by Crippen LogP contribution is 2.37. The van der Waals surface area contributed by atoms with Crippen molar-refractivity contribution in [3.63, 3.8) is 0 Å². The molecule has 0 bridgehead atoms. The lowest BCUT2D eigenvalue weighted by Gasteiger charge is -2.07. The summed E-state index contributed by atoms with van der Waals surface area (Å²) < 4.78 is 5.40. The number of nitro groups is 1. The van der Waals surface area contributed by atoms with E-state index in [1.165, 1.54) is 19.1 Å². The number of ketones is 1. The van der Waals surface area contributed by atoms with E-state index in [4.69, 9.17) is 4.74 Å². The minimum absolute atomic E-state index is 0.0697. The van der Waals surface area contributed by atoms with Gasteiger partial charge in [0.15, 0.2) is 5.78 Å². The van der Waals surface area contributed by atoms with Crippen LogP contribution >= 0.6 is 15.9 Å². The summed E-state index contributed by atoms with van der Waals surface area (Å²) >= 11 is 3.08. The van der Waals surface area contributed by atoms with Gasteiger partial charge >= 0.3 is 0 Å². The van der Waals surface area contributed by atoms with Gasteiger partial charge in [-0.3, -0.25) is 14.9 Å². The minimum Gasteiger partial charge on any atom is -0.492 e. The van der Waals surface area contributed by atoms with Gasteiger partial charge in [-0.15, -0.1) is 0 Å². The molecule has 5 nitrogen and oxygen atoms in total. The van der Waals surface area contributed by atoms with E-state index in [1.54, 1.807) is 6.92 Å². The summed E-state index contributed by atoms with van der Waals surface area (Å²) in [5.41, 5.74) is -0.182. The standard InChI is InChI=1S/C10H10BrNO4/c1-3-16-8-5-4-7(6(2)13)10(9(8)11)12(14)15/h4-5H,3H2,1-2H3. The lowest BCUT2D eigenvalue weighted by atomic mass is 10.1. The zero-order chi connectivity index (χ0) is 12.3. The molecule has 1 aromatic rings. The molecule has 0 amide bonds. The maximum absolute atomic E-state index is 11.2. The van der Waals surface area contributed by atoms with Crippen molar-refractivity contribution in [2.45, 2.75) is 13.8 Å². The summed E-state index contributed by atoms with van der Waals surface area (Å²) in [4.78, 5) is 21.5. The minimum atomic E-state index is -0.594. The highest BCUT2D eigenvalue weighted by Gasteiger charge is 2.24. The summed E-state index contributed by atoms with van der Waals surface area (Å²) in [5.74, 6) is 0.00893. The van der Waals surface area contributed by atoms with Crippen molar-refractivity contribution in [2.75, 3.05) is 6.61 Å². The van der Waals surface area contributed by atoms with Gasteiger partial charge in [0.25, 0.3) is 5.69 Å². The Kier molecular flexibility index (Phi) is 4.00. The first-order valence-corrected chi connectivity index (χ1v) is 5.39. The predicted octanol–water partition coefficient (Wildman–Crippen LogP) is 2.96. The summed E-state index contributed by atoms with van der Waals surface area (Å²) in [6.45, 7) is 3.46. The molecule has 0 fully saturated rings. The fourth-order valence-corrected chi connectivity index (χ4v) is 1.88. The van der Waals surface area contributed by atoms with Crippen molar-refractivity contribution >= 4 is 27.4 Å². The normalized spacial score (nSPS) is 9.94. The van der Waals surface area contributed by atoms with E-state index in [2.05, 4.69) is 15.9 Å². The topological polar surface area (TPSA) is 69.4 Å². The first-order chi connectivity index (χ1) is 7.49. The molecule has 0 heterocycles. The molecule has 1 aromatic carbocycles. The van der Waals surface area contributed by atoms with Gasteiger partial charge in [-0.05, 0) is 41.9 Å². The lowest BCUT2D eigenvalue weighted by Crippen LogP contribution is -2.03. The maximum Gasteiger partial charge on any atom is 0.298 e. The van der Waals surface area contributed by atoms with E-state index in [0.29, 0.717) is 12.4 Å². The summed E-state index contributed by atoms with van der Waals surface area (Å²) in [6, 6.07) is 2.94. The molecule has 0 N–H and O–H groups in total. The smallest absolute Gasteiger partial charge is 0.298 e. The third-order valence-corrected chi connectivity index (χ3v) is 2.71. The Bertz CT molecular complexity index is 445. The maximum atomic E-state index is 11.2. The largest absolute Gasteiger partial charge is 0.492 e. The van der Waals surface area contributed by atoms with E-state index in [-0.39, 0.29) is 21.5 Å². The molecular weight excluding hydrogens is 278 g/mol. The zero-order valence-corrected chi connectivity index (χ0v) is 10.4. The van der Waals surface area contributed by atoms with Gasteiger partial charge in [0.1, 0.15) is 10.2 Å². The van der Waals surface area contributed by atoms with Crippen molar-refractivity contribution < 1.29 is 14.5 Å². The third kappa shape index (κ3) is 2.38. The highest BCUT2D eigenvalue weighted by molar-refractivity contribution is 9.10. The average molecular weight is 288 g/mol. The molecule has 0 spiro atoms. The van der Waals surface area contributed by atoms with Crippen LogP contribution in [0.5, 0.6) is 5.75 Å². The SMILES string of the molecule is CCOc1ccc(C(C)=O)c([N+](=O)[O-])c1Br. The van der Waals surface area contributed by atoms with Crippen molar-refractivity contribution in [2.24, 2.45) is 0 Å². The number of benzene rings is 1. The fourth-order valence-electron chi connectivity index (χ4n) is 1.28. The molecule has 0 atom stereocenters. The molecule has 0 saturated heterocycles. The average Bonchev–Trinajstić information content (AvgIpc) is 2.20. The highest BCUT2D eigenvalue weighted by atomic mass is 79.9. The van der Waals surface area contributed by atoms with Crippen molar-refractivity contribution in [1.29, 1.82) is 0 Å². The van der Waals surface area contributed by atoms with Crippen molar-refractivity contribution in [3.8, 4) is 5.75 Å². The Balaban J connectivity index is 3.41. The van der Waals surface area contributed by atoms with Gasteiger partial charge in [-0.2, -0.15) is 0 Å². The summed E-state index contributed by atoms with van der Waals surface area (Å²) in [5, 5.41) is 10.9. The Hall–Kier alpha value is -1.43. The number of hydrogen-bond donors (Lipinski definition) is 0. The molecule has 16 heavy (non-hydrogen) atoms. The lowest BCUT2D eigenvalue weighted by molar-refractivity contribution is -0.386. The quantitative estimate of drug-likeness (QED) is 0.485. The molecule has 0 saturated carbocycles. The second-order valence-corrected chi connectivity index (χ2v) is 3.81. The number of carbonyl (C=O) groups is 1. The first kappa shape index (κ1) is 12.6. The van der Waals surface area contributed by atoms with Crippen LogP contribution in [0.15, 0.2) is 16.6 Å². The Labute approximate surface area is 101 Å². The number of carbonyl (C=O) groups excluding carboxylic acids is 1.